The van der Waals surface area contributed by atoms with Crippen molar-refractivity contribution >= 4 is 17.7 Å². The standard InChI is InChI=1S/C20H30N2O5/c1-5-26-17(24)9-10-22(11-15-7-8-15)12-16(23)19-13(3)18(14(4)21-19)20(25)27-6-2/h15,21H,5-12H2,1-4H3. The van der Waals surface area contributed by atoms with Gasteiger partial charge < -0.3 is 14.5 Å². The van der Waals surface area contributed by atoms with Gasteiger partial charge in [0.1, 0.15) is 0 Å². The number of carbonyl (C=O) groups is 3. The van der Waals surface area contributed by atoms with Gasteiger partial charge in [0.15, 0.2) is 5.78 Å². The summed E-state index contributed by atoms with van der Waals surface area (Å²) >= 11 is 0. The second-order valence-corrected chi connectivity index (χ2v) is 7.00. The maximum absolute atomic E-state index is 12.9. The largest absolute Gasteiger partial charge is 0.466 e. The third kappa shape index (κ3) is 5.92. The van der Waals surface area contributed by atoms with E-state index < -0.39 is 5.97 Å². The Bertz CT molecular complexity index is 691. The molecule has 1 aromatic rings. The minimum Gasteiger partial charge on any atom is -0.466 e. The first kappa shape index (κ1) is 21.2. The van der Waals surface area contributed by atoms with Crippen LogP contribution in [0, 0.1) is 19.8 Å². The van der Waals surface area contributed by atoms with Crippen LogP contribution in [0.15, 0.2) is 0 Å². The van der Waals surface area contributed by atoms with E-state index in [0.29, 0.717) is 41.6 Å². The van der Waals surface area contributed by atoms with E-state index in [1.807, 2.05) is 4.90 Å². The molecule has 150 valence electrons. The first-order valence-electron chi connectivity index (χ1n) is 9.64. The maximum Gasteiger partial charge on any atom is 0.340 e. The number of aryl methyl sites for hydroxylation is 1. The van der Waals surface area contributed by atoms with Gasteiger partial charge in [0.25, 0.3) is 0 Å². The van der Waals surface area contributed by atoms with Crippen LogP contribution in [-0.2, 0) is 14.3 Å². The molecule has 27 heavy (non-hydrogen) atoms. The number of carbonyl (C=O) groups excluding carboxylic acids is 3. The lowest BCUT2D eigenvalue weighted by Crippen LogP contribution is -2.34. The van der Waals surface area contributed by atoms with E-state index in [9.17, 15) is 14.4 Å². The number of esters is 2. The summed E-state index contributed by atoms with van der Waals surface area (Å²) in [6, 6.07) is 0. The predicted molar refractivity (Wildman–Crippen MR) is 101 cm³/mol. The lowest BCUT2D eigenvalue weighted by Gasteiger charge is -2.21. The van der Waals surface area contributed by atoms with E-state index in [1.165, 1.54) is 0 Å². The monoisotopic (exact) mass is 378 g/mol. The van der Waals surface area contributed by atoms with Crippen LogP contribution in [0.5, 0.6) is 0 Å². The van der Waals surface area contributed by atoms with Crippen LogP contribution in [0.4, 0.5) is 0 Å². The fourth-order valence-corrected chi connectivity index (χ4v) is 3.20. The molecule has 0 spiro atoms. The molecule has 0 radical (unpaired) electrons. The molecular formula is C20H30N2O5. The van der Waals surface area contributed by atoms with Crippen molar-refractivity contribution in [1.29, 1.82) is 0 Å². The predicted octanol–water partition coefficient (Wildman–Crippen LogP) is 2.66. The molecule has 1 aliphatic rings. The van der Waals surface area contributed by atoms with E-state index in [2.05, 4.69) is 4.98 Å². The van der Waals surface area contributed by atoms with Gasteiger partial charge in [-0.15, -0.1) is 0 Å². The number of ketones is 1. The van der Waals surface area contributed by atoms with Gasteiger partial charge >= 0.3 is 11.9 Å². The van der Waals surface area contributed by atoms with Crippen LogP contribution in [0.1, 0.15) is 65.2 Å². The number of nitrogens with zero attached hydrogens (tertiary/aromatic N) is 1. The Labute approximate surface area is 160 Å². The molecule has 0 saturated heterocycles. The summed E-state index contributed by atoms with van der Waals surface area (Å²) in [5.41, 5.74) is 2.12. The second-order valence-electron chi connectivity index (χ2n) is 7.00. The van der Waals surface area contributed by atoms with Gasteiger partial charge in [-0.1, -0.05) is 0 Å². The summed E-state index contributed by atoms with van der Waals surface area (Å²) in [5.74, 6) is -0.153. The molecule has 7 heteroatoms. The molecular weight excluding hydrogens is 348 g/mol. The number of hydrogen-bond donors (Lipinski definition) is 1. The second kappa shape index (κ2) is 9.69. The first-order chi connectivity index (χ1) is 12.9. The van der Waals surface area contributed by atoms with Crippen LogP contribution < -0.4 is 0 Å². The van der Waals surface area contributed by atoms with Gasteiger partial charge in [0, 0.05) is 18.8 Å². The highest BCUT2D eigenvalue weighted by atomic mass is 16.5. The van der Waals surface area contributed by atoms with Crippen molar-refractivity contribution in [2.24, 2.45) is 5.92 Å². The number of aromatic amines is 1. The highest BCUT2D eigenvalue weighted by molar-refractivity contribution is 6.02. The summed E-state index contributed by atoms with van der Waals surface area (Å²) in [5, 5.41) is 0. The van der Waals surface area contributed by atoms with Crippen molar-refractivity contribution in [3.63, 3.8) is 0 Å². The average molecular weight is 378 g/mol. The van der Waals surface area contributed by atoms with Gasteiger partial charge in [0.2, 0.25) is 0 Å². The highest BCUT2D eigenvalue weighted by Crippen LogP contribution is 2.30. The smallest absolute Gasteiger partial charge is 0.340 e. The Balaban J connectivity index is 2.06. The van der Waals surface area contributed by atoms with Crippen molar-refractivity contribution in [2.45, 2.75) is 47.0 Å². The van der Waals surface area contributed by atoms with Gasteiger partial charge in [-0.2, -0.15) is 0 Å². The Kier molecular flexibility index (Phi) is 7.59. The van der Waals surface area contributed by atoms with E-state index >= 15 is 0 Å². The highest BCUT2D eigenvalue weighted by Gasteiger charge is 2.28. The minimum absolute atomic E-state index is 0.0874. The first-order valence-corrected chi connectivity index (χ1v) is 9.64. The fourth-order valence-electron chi connectivity index (χ4n) is 3.20. The van der Waals surface area contributed by atoms with E-state index in [1.54, 1.807) is 27.7 Å². The molecule has 0 amide bonds. The van der Waals surface area contributed by atoms with Crippen molar-refractivity contribution in [3.8, 4) is 0 Å². The van der Waals surface area contributed by atoms with E-state index in [0.717, 1.165) is 19.4 Å². The number of nitrogens with one attached hydrogen (secondary N) is 1. The molecule has 1 N–H and O–H groups in total. The molecule has 1 saturated carbocycles. The van der Waals surface area contributed by atoms with E-state index in [-0.39, 0.29) is 31.3 Å². The Morgan fingerprint density at radius 1 is 1.11 bits per heavy atom. The SMILES string of the molecule is CCOC(=O)CCN(CC(=O)c1[nH]c(C)c(C(=O)OCC)c1C)CC1CC1. The zero-order chi connectivity index (χ0) is 20.0. The number of Topliss-reactive ketones (excluding diaryl/α,β-unsaturated/α-hetero) is 1. The van der Waals surface area contributed by atoms with E-state index in [4.69, 9.17) is 9.47 Å². The summed E-state index contributed by atoms with van der Waals surface area (Å²) in [7, 11) is 0. The lowest BCUT2D eigenvalue weighted by molar-refractivity contribution is -0.143. The number of rotatable bonds is 11. The maximum atomic E-state index is 12.9. The Morgan fingerprint density at radius 3 is 2.37 bits per heavy atom. The fraction of sp³-hybridized carbons (Fsp3) is 0.650. The molecule has 0 aromatic carbocycles. The van der Waals surface area contributed by atoms with Crippen molar-refractivity contribution in [3.05, 3.63) is 22.5 Å². The van der Waals surface area contributed by atoms with Gasteiger partial charge in [-0.3, -0.25) is 14.5 Å². The zero-order valence-electron chi connectivity index (χ0n) is 16.7. The molecule has 1 fully saturated rings. The topological polar surface area (TPSA) is 88.7 Å². The van der Waals surface area contributed by atoms with Crippen LogP contribution in [0.2, 0.25) is 0 Å². The Hall–Kier alpha value is -2.15. The summed E-state index contributed by atoms with van der Waals surface area (Å²) in [4.78, 5) is 41.7. The zero-order valence-corrected chi connectivity index (χ0v) is 16.7. The third-order valence-corrected chi connectivity index (χ3v) is 4.71. The Morgan fingerprint density at radius 2 is 1.78 bits per heavy atom. The quantitative estimate of drug-likeness (QED) is 0.470. The third-order valence-electron chi connectivity index (χ3n) is 4.71. The van der Waals surface area contributed by atoms with Gasteiger partial charge in [-0.05, 0) is 52.0 Å². The molecule has 0 aliphatic heterocycles. The summed E-state index contributed by atoms with van der Waals surface area (Å²) in [6.07, 6.45) is 2.60. The van der Waals surface area contributed by atoms with Crippen LogP contribution in [0.25, 0.3) is 0 Å². The van der Waals surface area contributed by atoms with Gasteiger partial charge in [0.05, 0.1) is 37.4 Å². The number of H-pyrrole nitrogens is 1. The van der Waals surface area contributed by atoms with Crippen molar-refractivity contribution in [2.75, 3.05) is 32.8 Å². The molecule has 7 nitrogen and oxygen atoms in total. The normalized spacial score (nSPS) is 13.7. The minimum atomic E-state index is -0.417. The molecule has 1 heterocycles. The van der Waals surface area contributed by atoms with Crippen LogP contribution in [0.3, 0.4) is 0 Å². The lowest BCUT2D eigenvalue weighted by atomic mass is 10.1. The molecule has 0 unspecified atom stereocenters. The molecule has 0 atom stereocenters. The van der Waals surface area contributed by atoms with Crippen LogP contribution >= 0.6 is 0 Å². The van der Waals surface area contributed by atoms with Crippen molar-refractivity contribution < 1.29 is 23.9 Å². The summed E-state index contributed by atoms with van der Waals surface area (Å²) in [6.45, 7) is 9.19. The molecule has 2 rings (SSSR count). The molecule has 0 bridgehead atoms. The molecule has 1 aliphatic carbocycles. The van der Waals surface area contributed by atoms with Crippen molar-refractivity contribution in [1.82, 2.24) is 9.88 Å². The van der Waals surface area contributed by atoms with Gasteiger partial charge in [-0.25, -0.2) is 4.79 Å². The number of aromatic nitrogens is 1. The number of ether oxygens (including phenoxy) is 2. The van der Waals surface area contributed by atoms with Crippen LogP contribution in [-0.4, -0.2) is 60.5 Å². The number of hydrogen-bond acceptors (Lipinski definition) is 6. The summed E-state index contributed by atoms with van der Waals surface area (Å²) < 4.78 is 10.1. The molecule has 1 aromatic heterocycles. The average Bonchev–Trinajstić information content (AvgIpc) is 3.36.